The second-order valence-electron chi connectivity index (χ2n) is 5.60. The van der Waals surface area contributed by atoms with Gasteiger partial charge in [0.05, 0.1) is 12.3 Å². The number of hydrogen-bond donors (Lipinski definition) is 0. The summed E-state index contributed by atoms with van der Waals surface area (Å²) in [6, 6.07) is 0. The summed E-state index contributed by atoms with van der Waals surface area (Å²) in [7, 11) is 1.85. The number of thioether (sulfide) groups is 1. The molecule has 0 aromatic carbocycles. The van der Waals surface area contributed by atoms with Crippen molar-refractivity contribution in [2.75, 3.05) is 20.1 Å². The van der Waals surface area contributed by atoms with Crippen molar-refractivity contribution in [1.82, 2.24) is 4.90 Å². The van der Waals surface area contributed by atoms with Gasteiger partial charge in [0.1, 0.15) is 5.84 Å². The molecule has 3 nitrogen and oxygen atoms in total. The third-order valence-electron chi connectivity index (χ3n) is 3.82. The summed E-state index contributed by atoms with van der Waals surface area (Å²) in [4.78, 5) is 12.6. The van der Waals surface area contributed by atoms with E-state index in [0.29, 0.717) is 12.5 Å². The smallest absolute Gasteiger partial charge is 0.141 e. The number of rotatable bonds is 5. The zero-order valence-corrected chi connectivity index (χ0v) is 14.8. The summed E-state index contributed by atoms with van der Waals surface area (Å²) < 4.78 is 0. The van der Waals surface area contributed by atoms with Crippen LogP contribution in [0.25, 0.3) is 0 Å². The van der Waals surface area contributed by atoms with E-state index >= 15 is 0 Å². The van der Waals surface area contributed by atoms with Crippen molar-refractivity contribution in [3.8, 4) is 0 Å². The van der Waals surface area contributed by atoms with Gasteiger partial charge in [-0.3, -0.25) is 9.98 Å². The second kappa shape index (κ2) is 7.63. The Kier molecular flexibility index (Phi) is 5.83. The van der Waals surface area contributed by atoms with Gasteiger partial charge in [-0.05, 0) is 37.7 Å². The summed E-state index contributed by atoms with van der Waals surface area (Å²) in [5, 5.41) is 2.06. The SMILES string of the molecule is C=C(S/C=C\C)C1=NCC(C(/C=C\C)=N/C)=C2CC(C)CN12. The van der Waals surface area contributed by atoms with Crippen LogP contribution in [0.1, 0.15) is 27.2 Å². The lowest BCUT2D eigenvalue weighted by Gasteiger charge is -2.29. The zero-order valence-electron chi connectivity index (χ0n) is 14.0. The van der Waals surface area contributed by atoms with Crippen LogP contribution < -0.4 is 0 Å². The molecule has 2 aliphatic rings. The Hall–Kier alpha value is -1.55. The standard InChI is InChI=1S/C18H25N3S/c1-6-8-16(19-5)15-11-20-18(14(4)22-9-7-2)21-12-13(3)10-17(15)21/h6-9,13H,4,10-12H2,1-3,5H3/b8-6-,9-7-,19-16+. The molecule has 2 heterocycles. The molecule has 22 heavy (non-hydrogen) atoms. The number of aliphatic imine (C=N–C) groups is 2. The Morgan fingerprint density at radius 1 is 1.41 bits per heavy atom. The van der Waals surface area contributed by atoms with Gasteiger partial charge < -0.3 is 4.90 Å². The third kappa shape index (κ3) is 3.43. The van der Waals surface area contributed by atoms with Crippen LogP contribution in [0.5, 0.6) is 0 Å². The maximum Gasteiger partial charge on any atom is 0.141 e. The molecule has 118 valence electrons. The largest absolute Gasteiger partial charge is 0.329 e. The predicted molar refractivity (Wildman–Crippen MR) is 99.5 cm³/mol. The van der Waals surface area contributed by atoms with Gasteiger partial charge in [0, 0.05) is 29.8 Å². The molecule has 2 aliphatic heterocycles. The summed E-state index contributed by atoms with van der Waals surface area (Å²) >= 11 is 1.64. The lowest BCUT2D eigenvalue weighted by atomic mass is 10.0. The van der Waals surface area contributed by atoms with Gasteiger partial charge in [-0.2, -0.15) is 0 Å². The molecule has 1 fully saturated rings. The van der Waals surface area contributed by atoms with Gasteiger partial charge in [0.15, 0.2) is 0 Å². The molecule has 0 amide bonds. The van der Waals surface area contributed by atoms with Gasteiger partial charge >= 0.3 is 0 Å². The fraction of sp³-hybridized carbons (Fsp3) is 0.444. The molecule has 0 radical (unpaired) electrons. The number of amidine groups is 1. The van der Waals surface area contributed by atoms with E-state index in [2.05, 4.69) is 34.9 Å². The Morgan fingerprint density at radius 3 is 2.82 bits per heavy atom. The summed E-state index contributed by atoms with van der Waals surface area (Å²) in [5.74, 6) is 1.67. The molecule has 0 spiro atoms. The van der Waals surface area contributed by atoms with Gasteiger partial charge in [-0.25, -0.2) is 0 Å². The summed E-state index contributed by atoms with van der Waals surface area (Å²) in [6.45, 7) is 12.2. The van der Waals surface area contributed by atoms with Crippen molar-refractivity contribution in [1.29, 1.82) is 0 Å². The minimum Gasteiger partial charge on any atom is -0.329 e. The van der Waals surface area contributed by atoms with Crippen molar-refractivity contribution in [3.05, 3.63) is 46.4 Å². The van der Waals surface area contributed by atoms with E-state index in [1.165, 1.54) is 11.3 Å². The van der Waals surface area contributed by atoms with Crippen LogP contribution in [-0.2, 0) is 0 Å². The Balaban J connectivity index is 2.34. The Labute approximate surface area is 138 Å². The van der Waals surface area contributed by atoms with Gasteiger partial charge in [0.2, 0.25) is 0 Å². The molecular weight excluding hydrogens is 290 g/mol. The predicted octanol–water partition coefficient (Wildman–Crippen LogP) is 4.42. The Bertz CT molecular complexity index is 593. The highest BCUT2D eigenvalue weighted by atomic mass is 32.2. The van der Waals surface area contributed by atoms with Gasteiger partial charge in [0.25, 0.3) is 0 Å². The molecule has 0 aliphatic carbocycles. The minimum absolute atomic E-state index is 0.636. The topological polar surface area (TPSA) is 28.0 Å². The number of hydrogen-bond acceptors (Lipinski definition) is 4. The van der Waals surface area contributed by atoms with Crippen LogP contribution in [0.15, 0.2) is 56.4 Å². The maximum atomic E-state index is 4.81. The van der Waals surface area contributed by atoms with Crippen molar-refractivity contribution in [2.45, 2.75) is 27.2 Å². The zero-order chi connectivity index (χ0) is 16.1. The molecule has 2 rings (SSSR count). The quantitative estimate of drug-likeness (QED) is 0.702. The molecule has 0 saturated carbocycles. The fourth-order valence-corrected chi connectivity index (χ4v) is 3.48. The first-order chi connectivity index (χ1) is 10.6. The average Bonchev–Trinajstić information content (AvgIpc) is 2.90. The molecule has 1 saturated heterocycles. The van der Waals surface area contributed by atoms with Crippen LogP contribution in [-0.4, -0.2) is 36.6 Å². The van der Waals surface area contributed by atoms with Gasteiger partial charge in [-0.15, -0.1) is 0 Å². The van der Waals surface area contributed by atoms with Crippen LogP contribution in [0.4, 0.5) is 0 Å². The fourth-order valence-electron chi connectivity index (χ4n) is 2.90. The maximum absolute atomic E-state index is 4.81. The molecule has 0 aromatic heterocycles. The monoisotopic (exact) mass is 315 g/mol. The van der Waals surface area contributed by atoms with E-state index in [1.54, 1.807) is 11.8 Å². The van der Waals surface area contributed by atoms with Crippen LogP contribution in [0, 0.1) is 5.92 Å². The molecule has 1 atom stereocenters. The Morgan fingerprint density at radius 2 is 2.18 bits per heavy atom. The van der Waals surface area contributed by atoms with E-state index in [1.807, 2.05) is 33.0 Å². The third-order valence-corrected chi connectivity index (χ3v) is 4.70. The van der Waals surface area contributed by atoms with E-state index < -0.39 is 0 Å². The highest BCUT2D eigenvalue weighted by Gasteiger charge is 2.33. The van der Waals surface area contributed by atoms with Crippen molar-refractivity contribution in [3.63, 3.8) is 0 Å². The first-order valence-corrected chi connectivity index (χ1v) is 8.61. The number of allylic oxidation sites excluding steroid dienone is 4. The van der Waals surface area contributed by atoms with E-state index in [4.69, 9.17) is 4.99 Å². The van der Waals surface area contributed by atoms with Gasteiger partial charge in [-0.1, -0.05) is 37.4 Å². The van der Waals surface area contributed by atoms with Crippen LogP contribution in [0.3, 0.4) is 0 Å². The van der Waals surface area contributed by atoms with E-state index in [9.17, 15) is 0 Å². The normalized spacial score (nSPS) is 22.7. The van der Waals surface area contributed by atoms with E-state index in [-0.39, 0.29) is 0 Å². The highest BCUT2D eigenvalue weighted by Crippen LogP contribution is 2.35. The molecule has 0 aromatic rings. The molecule has 0 N–H and O–H groups in total. The molecule has 4 heteroatoms. The van der Waals surface area contributed by atoms with Crippen LogP contribution in [0.2, 0.25) is 0 Å². The molecular formula is C18H25N3S. The number of nitrogens with zero attached hydrogens (tertiary/aromatic N) is 3. The number of fused-ring (bicyclic) bond motifs is 1. The van der Waals surface area contributed by atoms with Crippen molar-refractivity contribution in [2.24, 2.45) is 15.9 Å². The summed E-state index contributed by atoms with van der Waals surface area (Å²) in [6.07, 6.45) is 7.24. The highest BCUT2D eigenvalue weighted by molar-refractivity contribution is 8.06. The first-order valence-electron chi connectivity index (χ1n) is 7.73. The minimum atomic E-state index is 0.636. The lowest BCUT2D eigenvalue weighted by molar-refractivity contribution is 0.522. The second-order valence-corrected chi connectivity index (χ2v) is 6.60. The van der Waals surface area contributed by atoms with Crippen molar-refractivity contribution < 1.29 is 0 Å². The molecule has 0 bridgehead atoms. The molecule has 1 unspecified atom stereocenters. The first kappa shape index (κ1) is 16.8. The average molecular weight is 315 g/mol. The van der Waals surface area contributed by atoms with E-state index in [0.717, 1.165) is 29.4 Å². The van der Waals surface area contributed by atoms with Crippen LogP contribution >= 0.6 is 11.8 Å². The lowest BCUT2D eigenvalue weighted by Crippen LogP contribution is -2.33. The summed E-state index contributed by atoms with van der Waals surface area (Å²) in [5.41, 5.74) is 3.68. The van der Waals surface area contributed by atoms with Crippen molar-refractivity contribution >= 4 is 23.3 Å².